The molecule has 1 heterocycles. The van der Waals surface area contributed by atoms with Gasteiger partial charge in [-0.2, -0.15) is 0 Å². The summed E-state index contributed by atoms with van der Waals surface area (Å²) >= 11 is 1.51. The maximum absolute atomic E-state index is 11.7. The lowest BCUT2D eigenvalue weighted by Crippen LogP contribution is -2.51. The van der Waals surface area contributed by atoms with Gasteiger partial charge in [-0.1, -0.05) is 6.07 Å². The first-order chi connectivity index (χ1) is 8.60. The first kappa shape index (κ1) is 12.8. The molecule has 1 aliphatic heterocycles. The van der Waals surface area contributed by atoms with Crippen LogP contribution in [0.2, 0.25) is 0 Å². The summed E-state index contributed by atoms with van der Waals surface area (Å²) in [6, 6.07) is 4.73. The molecule has 0 spiro atoms. The van der Waals surface area contributed by atoms with Gasteiger partial charge < -0.3 is 9.84 Å². The number of para-hydroxylation sites is 1. The minimum Gasteiger partial charge on any atom is -0.495 e. The molecule has 1 saturated heterocycles. The zero-order valence-corrected chi connectivity index (χ0v) is 10.9. The molecule has 1 fully saturated rings. The van der Waals surface area contributed by atoms with Gasteiger partial charge in [0, 0.05) is 0 Å². The van der Waals surface area contributed by atoms with Crippen LogP contribution in [0.15, 0.2) is 18.2 Å². The average Bonchev–Trinajstić information content (AvgIpc) is 2.35. The molecule has 6 heteroatoms. The van der Waals surface area contributed by atoms with Crippen molar-refractivity contribution in [3.05, 3.63) is 23.8 Å². The molecule has 5 nitrogen and oxygen atoms in total. The first-order valence-corrected chi connectivity index (χ1v) is 6.64. The van der Waals surface area contributed by atoms with Crippen LogP contribution in [-0.4, -0.2) is 35.7 Å². The molecule has 1 N–H and O–H groups in total. The van der Waals surface area contributed by atoms with Gasteiger partial charge in [0.1, 0.15) is 11.4 Å². The summed E-state index contributed by atoms with van der Waals surface area (Å²) in [4.78, 5) is 24.4. The summed E-state index contributed by atoms with van der Waals surface area (Å²) in [5, 5.41) is 9.18. The van der Waals surface area contributed by atoms with Gasteiger partial charge in [-0.15, -0.1) is 11.8 Å². The highest BCUT2D eigenvalue weighted by Crippen LogP contribution is 2.41. The van der Waals surface area contributed by atoms with E-state index in [4.69, 9.17) is 4.74 Å². The highest BCUT2D eigenvalue weighted by Gasteiger charge is 2.40. The fourth-order valence-corrected chi connectivity index (χ4v) is 2.70. The minimum absolute atomic E-state index is 0.0214. The van der Waals surface area contributed by atoms with Gasteiger partial charge in [-0.25, -0.2) is 4.79 Å². The lowest BCUT2D eigenvalue weighted by molar-refractivity contribution is -0.122. The molecule has 0 saturated carbocycles. The summed E-state index contributed by atoms with van der Waals surface area (Å²) in [7, 11) is 1.46. The number of carbonyl (C=O) groups excluding carboxylic acids is 1. The molecule has 1 aromatic carbocycles. The van der Waals surface area contributed by atoms with E-state index in [0.29, 0.717) is 17.9 Å². The molecule has 0 bridgehead atoms. The van der Waals surface area contributed by atoms with Crippen LogP contribution in [0.1, 0.15) is 16.8 Å². The normalized spacial score (nSPS) is 18.4. The summed E-state index contributed by atoms with van der Waals surface area (Å²) < 4.78 is 5.17. The van der Waals surface area contributed by atoms with Crippen molar-refractivity contribution in [2.24, 2.45) is 0 Å². The van der Waals surface area contributed by atoms with Crippen LogP contribution in [0.5, 0.6) is 5.75 Å². The zero-order valence-electron chi connectivity index (χ0n) is 10.0. The average molecular weight is 267 g/mol. The number of aromatic carboxylic acids is 1. The Balaban J connectivity index is 2.53. The first-order valence-electron chi connectivity index (χ1n) is 5.35. The maximum Gasteiger partial charge on any atom is 0.337 e. The molecule has 1 aliphatic rings. The van der Waals surface area contributed by atoms with Crippen LogP contribution in [0.25, 0.3) is 0 Å². The molecule has 0 aromatic heterocycles. The molecule has 96 valence electrons. The van der Waals surface area contributed by atoms with Gasteiger partial charge in [-0.3, -0.25) is 9.69 Å². The number of anilines is 1. The Labute approximate surface area is 109 Å². The number of hydrogen-bond donors (Lipinski definition) is 1. The van der Waals surface area contributed by atoms with E-state index in [1.165, 1.54) is 29.8 Å². The van der Waals surface area contributed by atoms with Gasteiger partial charge in [0.15, 0.2) is 0 Å². The van der Waals surface area contributed by atoms with Crippen LogP contribution in [-0.2, 0) is 4.79 Å². The van der Waals surface area contributed by atoms with Crippen molar-refractivity contribution in [2.75, 3.05) is 18.3 Å². The Hall–Kier alpha value is -1.69. The van der Waals surface area contributed by atoms with Crippen molar-refractivity contribution in [2.45, 2.75) is 11.8 Å². The number of rotatable bonds is 4. The molecule has 0 radical (unpaired) electrons. The van der Waals surface area contributed by atoms with Crippen molar-refractivity contribution >= 4 is 29.3 Å². The number of hydrogen-bond acceptors (Lipinski definition) is 4. The van der Waals surface area contributed by atoms with Gasteiger partial charge in [0.05, 0.1) is 24.5 Å². The quantitative estimate of drug-likeness (QED) is 0.843. The van der Waals surface area contributed by atoms with E-state index in [-0.39, 0.29) is 16.8 Å². The highest BCUT2D eigenvalue weighted by molar-refractivity contribution is 7.99. The predicted octanol–water partition coefficient (Wildman–Crippen LogP) is 1.82. The van der Waals surface area contributed by atoms with Crippen LogP contribution < -0.4 is 9.64 Å². The standard InChI is InChI=1S/C12H13NO4S/c1-17-8-5-3-4-7(12(15)16)11(8)13-9(14)6-10(13)18-2/h3-5,10H,6H2,1-2H3,(H,15,16). The van der Waals surface area contributed by atoms with Crippen molar-refractivity contribution in [1.29, 1.82) is 0 Å². The van der Waals surface area contributed by atoms with Crippen LogP contribution in [0.4, 0.5) is 5.69 Å². The van der Waals surface area contributed by atoms with E-state index in [2.05, 4.69) is 0 Å². The molecule has 18 heavy (non-hydrogen) atoms. The molecule has 1 atom stereocenters. The third kappa shape index (κ3) is 1.92. The second-order valence-electron chi connectivity index (χ2n) is 3.82. The van der Waals surface area contributed by atoms with E-state index in [1.807, 2.05) is 6.26 Å². The van der Waals surface area contributed by atoms with Gasteiger partial charge in [-0.05, 0) is 18.4 Å². The molecule has 0 aliphatic carbocycles. The lowest BCUT2D eigenvalue weighted by atomic mass is 10.1. The molecular weight excluding hydrogens is 254 g/mol. The van der Waals surface area contributed by atoms with Crippen LogP contribution in [0, 0.1) is 0 Å². The van der Waals surface area contributed by atoms with E-state index in [9.17, 15) is 14.7 Å². The number of carboxylic acids is 1. The van der Waals surface area contributed by atoms with Gasteiger partial charge in [0.25, 0.3) is 0 Å². The van der Waals surface area contributed by atoms with E-state index >= 15 is 0 Å². The number of nitrogens with zero attached hydrogens (tertiary/aromatic N) is 1. The topological polar surface area (TPSA) is 66.8 Å². The third-order valence-corrected chi connectivity index (χ3v) is 3.79. The van der Waals surface area contributed by atoms with Crippen molar-refractivity contribution in [3.63, 3.8) is 0 Å². The van der Waals surface area contributed by atoms with E-state index in [1.54, 1.807) is 12.1 Å². The van der Waals surface area contributed by atoms with Crippen LogP contribution in [0.3, 0.4) is 0 Å². The number of carbonyl (C=O) groups is 2. The Morgan fingerprint density at radius 1 is 1.56 bits per heavy atom. The Kier molecular flexibility index (Phi) is 3.47. The lowest BCUT2D eigenvalue weighted by Gasteiger charge is -2.40. The Morgan fingerprint density at radius 3 is 2.78 bits per heavy atom. The van der Waals surface area contributed by atoms with Gasteiger partial charge >= 0.3 is 5.97 Å². The Morgan fingerprint density at radius 2 is 2.28 bits per heavy atom. The minimum atomic E-state index is -1.07. The smallest absolute Gasteiger partial charge is 0.337 e. The third-order valence-electron chi connectivity index (χ3n) is 2.87. The molecule has 1 amide bonds. The molecule has 1 aromatic rings. The van der Waals surface area contributed by atoms with Gasteiger partial charge in [0.2, 0.25) is 5.91 Å². The number of ether oxygens (including phenoxy) is 1. The molecular formula is C12H13NO4S. The van der Waals surface area contributed by atoms with Crippen molar-refractivity contribution < 1.29 is 19.4 Å². The van der Waals surface area contributed by atoms with Crippen molar-refractivity contribution in [1.82, 2.24) is 0 Å². The number of methoxy groups -OCH3 is 1. The second kappa shape index (κ2) is 4.89. The fraction of sp³-hybridized carbons (Fsp3) is 0.333. The number of amides is 1. The largest absolute Gasteiger partial charge is 0.495 e. The van der Waals surface area contributed by atoms with E-state index < -0.39 is 5.97 Å². The fourth-order valence-electron chi connectivity index (χ4n) is 1.95. The van der Waals surface area contributed by atoms with E-state index in [0.717, 1.165) is 0 Å². The monoisotopic (exact) mass is 267 g/mol. The number of β-lactam (4-membered cyclic amide) rings is 1. The summed E-state index contributed by atoms with van der Waals surface area (Å²) in [6.07, 6.45) is 2.32. The van der Waals surface area contributed by atoms with Crippen molar-refractivity contribution in [3.8, 4) is 5.75 Å². The predicted molar refractivity (Wildman–Crippen MR) is 69.4 cm³/mol. The second-order valence-corrected chi connectivity index (χ2v) is 4.84. The molecule has 2 rings (SSSR count). The highest BCUT2D eigenvalue weighted by atomic mass is 32.2. The Bertz CT molecular complexity index is 503. The number of benzene rings is 1. The number of thioether (sulfide) groups is 1. The molecule has 1 unspecified atom stereocenters. The summed E-state index contributed by atoms with van der Waals surface area (Å²) in [6.45, 7) is 0. The summed E-state index contributed by atoms with van der Waals surface area (Å²) in [5.74, 6) is -0.744. The zero-order chi connectivity index (χ0) is 13.3. The number of carboxylic acid groups (broad SMARTS) is 1. The SMILES string of the molecule is COc1cccc(C(=O)O)c1N1C(=O)CC1SC. The summed E-state index contributed by atoms with van der Waals surface area (Å²) in [5.41, 5.74) is 0.435. The maximum atomic E-state index is 11.7. The van der Waals surface area contributed by atoms with Crippen LogP contribution >= 0.6 is 11.8 Å².